The van der Waals surface area contributed by atoms with Crippen LogP contribution in [0.5, 0.6) is 0 Å². The second-order valence-corrected chi connectivity index (χ2v) is 4.17. The normalized spacial score (nSPS) is 37.2. The summed E-state index contributed by atoms with van der Waals surface area (Å²) in [5.41, 5.74) is 0.143. The minimum atomic E-state index is 0.143. The van der Waals surface area contributed by atoms with E-state index in [-0.39, 0.29) is 11.4 Å². The monoisotopic (exact) mass is 168 g/mol. The molecule has 0 saturated carbocycles. The molecule has 12 heavy (non-hydrogen) atoms. The Balaban J connectivity index is 2.05. The molecule has 0 aromatic heterocycles. The lowest BCUT2D eigenvalue weighted by Gasteiger charge is -2.38. The first-order valence-corrected chi connectivity index (χ1v) is 4.70. The molecule has 2 aliphatic rings. The van der Waals surface area contributed by atoms with E-state index in [2.05, 4.69) is 17.3 Å². The van der Waals surface area contributed by atoms with Crippen LogP contribution in [0.1, 0.15) is 25.7 Å². The van der Waals surface area contributed by atoms with Crippen LogP contribution in [0.25, 0.3) is 0 Å². The summed E-state index contributed by atoms with van der Waals surface area (Å²) in [4.78, 5) is 13.4. The fourth-order valence-corrected chi connectivity index (χ4v) is 2.44. The van der Waals surface area contributed by atoms with Gasteiger partial charge in [-0.2, -0.15) is 0 Å². The Labute approximate surface area is 73.1 Å². The maximum atomic E-state index is 11.1. The molecule has 1 N–H and O–H groups in total. The average Bonchev–Trinajstić information content (AvgIpc) is 2.32. The van der Waals surface area contributed by atoms with Crippen molar-refractivity contribution in [2.75, 3.05) is 20.1 Å². The molecule has 1 spiro atoms. The summed E-state index contributed by atoms with van der Waals surface area (Å²) in [7, 11) is 2.13. The number of likely N-dealkylation sites (tertiary alicyclic amines) is 1. The lowest BCUT2D eigenvalue weighted by Crippen LogP contribution is -2.53. The summed E-state index contributed by atoms with van der Waals surface area (Å²) in [5.74, 6) is 0.241. The molecule has 2 rings (SSSR count). The van der Waals surface area contributed by atoms with E-state index in [4.69, 9.17) is 0 Å². The van der Waals surface area contributed by atoms with E-state index in [1.165, 1.54) is 19.4 Å². The summed E-state index contributed by atoms with van der Waals surface area (Å²) in [6.45, 7) is 2.22. The standard InChI is InChI=1S/C9H16N2O/c1-11-6-2-4-9(7-11)5-3-8(12)10-9/h2-7H2,1H3,(H,10,12)/t9-/m1/s1. The predicted molar refractivity (Wildman–Crippen MR) is 46.8 cm³/mol. The van der Waals surface area contributed by atoms with Gasteiger partial charge >= 0.3 is 0 Å². The Morgan fingerprint density at radius 3 is 2.92 bits per heavy atom. The van der Waals surface area contributed by atoms with Crippen LogP contribution in [0.3, 0.4) is 0 Å². The van der Waals surface area contributed by atoms with Gasteiger partial charge in [-0.1, -0.05) is 0 Å². The van der Waals surface area contributed by atoms with Crippen molar-refractivity contribution >= 4 is 5.91 Å². The molecule has 3 heteroatoms. The number of nitrogens with zero attached hydrogens (tertiary/aromatic N) is 1. The van der Waals surface area contributed by atoms with E-state index in [1.807, 2.05) is 0 Å². The first kappa shape index (κ1) is 8.05. The molecule has 2 saturated heterocycles. The van der Waals surface area contributed by atoms with E-state index in [1.54, 1.807) is 0 Å². The SMILES string of the molecule is CN1CCC[C@@]2(CCC(=O)N2)C1. The van der Waals surface area contributed by atoms with Gasteiger partial charge in [0.2, 0.25) is 5.91 Å². The van der Waals surface area contributed by atoms with Crippen LogP contribution >= 0.6 is 0 Å². The minimum absolute atomic E-state index is 0.143. The van der Waals surface area contributed by atoms with Crippen LogP contribution in [0.2, 0.25) is 0 Å². The Hall–Kier alpha value is -0.570. The van der Waals surface area contributed by atoms with Crippen LogP contribution in [-0.4, -0.2) is 36.5 Å². The fraction of sp³-hybridized carbons (Fsp3) is 0.889. The molecular weight excluding hydrogens is 152 g/mol. The van der Waals surface area contributed by atoms with Gasteiger partial charge in [-0.05, 0) is 32.9 Å². The Bertz CT molecular complexity index is 205. The predicted octanol–water partition coefficient (Wildman–Crippen LogP) is 0.361. The van der Waals surface area contributed by atoms with Gasteiger partial charge in [0, 0.05) is 13.0 Å². The molecule has 0 radical (unpaired) electrons. The molecule has 3 nitrogen and oxygen atoms in total. The lowest BCUT2D eigenvalue weighted by molar-refractivity contribution is -0.120. The van der Waals surface area contributed by atoms with Crippen LogP contribution in [0.4, 0.5) is 0 Å². The van der Waals surface area contributed by atoms with Crippen molar-refractivity contribution in [1.82, 2.24) is 10.2 Å². The van der Waals surface area contributed by atoms with E-state index in [0.29, 0.717) is 0 Å². The zero-order chi connectivity index (χ0) is 8.60. The van der Waals surface area contributed by atoms with Gasteiger partial charge in [-0.15, -0.1) is 0 Å². The zero-order valence-corrected chi connectivity index (χ0v) is 7.60. The number of piperidine rings is 1. The second-order valence-electron chi connectivity index (χ2n) is 4.17. The van der Waals surface area contributed by atoms with Gasteiger partial charge in [0.25, 0.3) is 0 Å². The molecule has 0 unspecified atom stereocenters. The number of amides is 1. The number of hydrogen-bond acceptors (Lipinski definition) is 2. The molecule has 1 amide bonds. The topological polar surface area (TPSA) is 32.3 Å². The first-order chi connectivity index (χ1) is 5.70. The second kappa shape index (κ2) is 2.73. The molecule has 0 bridgehead atoms. The molecule has 0 aromatic rings. The van der Waals surface area contributed by atoms with Crippen LogP contribution < -0.4 is 5.32 Å². The smallest absolute Gasteiger partial charge is 0.220 e. The number of rotatable bonds is 0. The Kier molecular flexibility index (Phi) is 1.83. The number of nitrogens with one attached hydrogen (secondary N) is 1. The van der Waals surface area contributed by atoms with Crippen LogP contribution in [-0.2, 0) is 4.79 Å². The highest BCUT2D eigenvalue weighted by Crippen LogP contribution is 2.29. The molecular formula is C9H16N2O. The number of carbonyl (C=O) groups is 1. The summed E-state index contributed by atoms with van der Waals surface area (Å²) >= 11 is 0. The van der Waals surface area contributed by atoms with Gasteiger partial charge in [0.05, 0.1) is 5.54 Å². The third kappa shape index (κ3) is 1.33. The zero-order valence-electron chi connectivity index (χ0n) is 7.60. The number of likely N-dealkylation sites (N-methyl/N-ethyl adjacent to an activating group) is 1. The minimum Gasteiger partial charge on any atom is -0.349 e. The molecule has 2 aliphatic heterocycles. The third-order valence-corrected chi connectivity index (χ3v) is 3.00. The van der Waals surface area contributed by atoms with E-state index in [0.717, 1.165) is 19.4 Å². The van der Waals surface area contributed by atoms with Crippen molar-refractivity contribution in [3.8, 4) is 0 Å². The van der Waals surface area contributed by atoms with E-state index < -0.39 is 0 Å². The number of carbonyl (C=O) groups excluding carboxylic acids is 1. The van der Waals surface area contributed by atoms with Gasteiger partial charge < -0.3 is 10.2 Å². The summed E-state index contributed by atoms with van der Waals surface area (Å²) in [6, 6.07) is 0. The van der Waals surface area contributed by atoms with E-state index in [9.17, 15) is 4.79 Å². The first-order valence-electron chi connectivity index (χ1n) is 4.70. The highest BCUT2D eigenvalue weighted by molar-refractivity contribution is 5.79. The van der Waals surface area contributed by atoms with Gasteiger partial charge in [-0.25, -0.2) is 0 Å². The lowest BCUT2D eigenvalue weighted by atomic mass is 9.88. The molecule has 0 aliphatic carbocycles. The van der Waals surface area contributed by atoms with Crippen molar-refractivity contribution in [2.45, 2.75) is 31.2 Å². The largest absolute Gasteiger partial charge is 0.349 e. The van der Waals surface area contributed by atoms with Gasteiger partial charge in [0.15, 0.2) is 0 Å². The summed E-state index contributed by atoms with van der Waals surface area (Å²) in [5, 5.41) is 3.12. The van der Waals surface area contributed by atoms with Crippen molar-refractivity contribution in [1.29, 1.82) is 0 Å². The maximum absolute atomic E-state index is 11.1. The molecule has 1 atom stereocenters. The van der Waals surface area contributed by atoms with E-state index >= 15 is 0 Å². The molecule has 68 valence electrons. The summed E-state index contributed by atoms with van der Waals surface area (Å²) in [6.07, 6.45) is 4.16. The Morgan fingerprint density at radius 2 is 2.33 bits per heavy atom. The van der Waals surface area contributed by atoms with Crippen LogP contribution in [0.15, 0.2) is 0 Å². The van der Waals surface area contributed by atoms with Crippen molar-refractivity contribution < 1.29 is 4.79 Å². The highest BCUT2D eigenvalue weighted by atomic mass is 16.2. The van der Waals surface area contributed by atoms with Crippen LogP contribution in [0, 0.1) is 0 Å². The molecule has 0 aromatic carbocycles. The average molecular weight is 168 g/mol. The Morgan fingerprint density at radius 1 is 1.50 bits per heavy atom. The maximum Gasteiger partial charge on any atom is 0.220 e. The van der Waals surface area contributed by atoms with Crippen molar-refractivity contribution in [2.24, 2.45) is 0 Å². The number of hydrogen-bond donors (Lipinski definition) is 1. The molecule has 2 fully saturated rings. The fourth-order valence-electron chi connectivity index (χ4n) is 2.44. The highest BCUT2D eigenvalue weighted by Gasteiger charge is 2.39. The quantitative estimate of drug-likeness (QED) is 0.566. The summed E-state index contributed by atoms with van der Waals surface area (Å²) < 4.78 is 0. The molecule has 2 heterocycles. The van der Waals surface area contributed by atoms with Gasteiger partial charge in [-0.3, -0.25) is 4.79 Å². The van der Waals surface area contributed by atoms with Crippen molar-refractivity contribution in [3.05, 3.63) is 0 Å². The third-order valence-electron chi connectivity index (χ3n) is 3.00. The van der Waals surface area contributed by atoms with Gasteiger partial charge in [0.1, 0.15) is 0 Å². The van der Waals surface area contributed by atoms with Crippen molar-refractivity contribution in [3.63, 3.8) is 0 Å².